The first-order valence-electron chi connectivity index (χ1n) is 12.6. The minimum Gasteiger partial charge on any atom is -0.454 e. The summed E-state index contributed by atoms with van der Waals surface area (Å²) in [6.45, 7) is 3.89. The normalized spacial score (nSPS) is 23.5. The fourth-order valence-corrected chi connectivity index (χ4v) is 5.97. The van der Waals surface area contributed by atoms with Gasteiger partial charge in [-0.2, -0.15) is 0 Å². The molecular formula is C28H34ClNO3. The average Bonchev–Trinajstić information content (AvgIpc) is 3.34. The summed E-state index contributed by atoms with van der Waals surface area (Å²) in [5.74, 6) is 4.07. The lowest BCUT2D eigenvalue weighted by atomic mass is 9.78. The SMILES string of the molecule is O=C(CC1CCC(CCN2CCC(c3cccc4c3OCO4)CC2)CC1)c1ccc(Cl)cc1. The lowest BCUT2D eigenvalue weighted by molar-refractivity contribution is 0.0939. The first-order chi connectivity index (χ1) is 16.2. The van der Waals surface area contributed by atoms with Crippen LogP contribution in [-0.2, 0) is 0 Å². The molecule has 0 N–H and O–H groups in total. The highest BCUT2D eigenvalue weighted by molar-refractivity contribution is 6.30. The van der Waals surface area contributed by atoms with Gasteiger partial charge in [0.25, 0.3) is 0 Å². The highest BCUT2D eigenvalue weighted by Gasteiger charge is 2.28. The van der Waals surface area contributed by atoms with Gasteiger partial charge in [-0.1, -0.05) is 36.6 Å². The van der Waals surface area contributed by atoms with Crippen LogP contribution in [0.3, 0.4) is 0 Å². The van der Waals surface area contributed by atoms with Gasteiger partial charge in [0.15, 0.2) is 17.3 Å². The van der Waals surface area contributed by atoms with Crippen molar-refractivity contribution >= 4 is 17.4 Å². The van der Waals surface area contributed by atoms with E-state index in [-0.39, 0.29) is 5.78 Å². The zero-order valence-corrected chi connectivity index (χ0v) is 20.1. The van der Waals surface area contributed by atoms with E-state index in [1.807, 2.05) is 30.3 Å². The smallest absolute Gasteiger partial charge is 0.231 e. The maximum Gasteiger partial charge on any atom is 0.231 e. The van der Waals surface area contributed by atoms with Gasteiger partial charge in [-0.05, 0) is 99.8 Å². The van der Waals surface area contributed by atoms with E-state index < -0.39 is 0 Å². The third kappa shape index (κ3) is 5.55. The van der Waals surface area contributed by atoms with Crippen molar-refractivity contribution < 1.29 is 14.3 Å². The average molecular weight is 468 g/mol. The van der Waals surface area contributed by atoms with Crippen LogP contribution in [0.4, 0.5) is 0 Å². The fourth-order valence-electron chi connectivity index (χ4n) is 5.85. The van der Waals surface area contributed by atoms with Gasteiger partial charge in [0.1, 0.15) is 0 Å². The summed E-state index contributed by atoms with van der Waals surface area (Å²) in [5, 5.41) is 0.684. The summed E-state index contributed by atoms with van der Waals surface area (Å²) in [6, 6.07) is 13.6. The molecule has 1 saturated heterocycles. The molecule has 5 heteroatoms. The third-order valence-electron chi connectivity index (χ3n) is 7.91. The van der Waals surface area contributed by atoms with Crippen LogP contribution in [0.5, 0.6) is 11.5 Å². The van der Waals surface area contributed by atoms with E-state index in [1.54, 1.807) is 0 Å². The Labute approximate surface area is 202 Å². The van der Waals surface area contributed by atoms with E-state index in [2.05, 4.69) is 17.0 Å². The van der Waals surface area contributed by atoms with Gasteiger partial charge in [0, 0.05) is 22.6 Å². The van der Waals surface area contributed by atoms with E-state index in [4.69, 9.17) is 21.1 Å². The molecular weight excluding hydrogens is 434 g/mol. The van der Waals surface area contributed by atoms with Gasteiger partial charge < -0.3 is 14.4 Å². The predicted octanol–water partition coefficient (Wildman–Crippen LogP) is 6.72. The molecule has 0 spiro atoms. The molecule has 2 heterocycles. The Bertz CT molecular complexity index is 944. The van der Waals surface area contributed by atoms with Crippen LogP contribution in [0.25, 0.3) is 0 Å². The molecule has 5 rings (SSSR count). The standard InChI is InChI=1S/C28H34ClNO3/c29-24-10-8-23(9-11-24)26(31)18-21-6-4-20(5-7-21)12-15-30-16-13-22(14-17-30)25-2-1-3-27-28(25)33-19-32-27/h1-3,8-11,20-22H,4-7,12-19H2. The largest absolute Gasteiger partial charge is 0.454 e. The quantitative estimate of drug-likeness (QED) is 0.424. The molecule has 1 aliphatic carbocycles. The molecule has 0 amide bonds. The van der Waals surface area contributed by atoms with E-state index in [1.165, 1.54) is 70.1 Å². The minimum atomic E-state index is 0.263. The molecule has 176 valence electrons. The first-order valence-corrected chi connectivity index (χ1v) is 12.9. The van der Waals surface area contributed by atoms with E-state index in [0.717, 1.165) is 23.0 Å². The summed E-state index contributed by atoms with van der Waals surface area (Å²) in [5.41, 5.74) is 2.13. The van der Waals surface area contributed by atoms with Crippen LogP contribution in [0, 0.1) is 11.8 Å². The Balaban J connectivity index is 1.02. The number of para-hydroxylation sites is 1. The molecule has 0 aromatic heterocycles. The second kappa shape index (κ2) is 10.5. The van der Waals surface area contributed by atoms with Crippen LogP contribution in [-0.4, -0.2) is 37.1 Å². The highest BCUT2D eigenvalue weighted by atomic mass is 35.5. The minimum absolute atomic E-state index is 0.263. The summed E-state index contributed by atoms with van der Waals surface area (Å²) in [4.78, 5) is 15.2. The summed E-state index contributed by atoms with van der Waals surface area (Å²) in [6.07, 6.45) is 9.27. The topological polar surface area (TPSA) is 38.8 Å². The Kier molecular flexibility index (Phi) is 7.22. The number of carbonyl (C=O) groups excluding carboxylic acids is 1. The number of benzene rings is 2. The van der Waals surface area contributed by atoms with Gasteiger partial charge >= 0.3 is 0 Å². The Morgan fingerprint density at radius 1 is 0.909 bits per heavy atom. The molecule has 3 aliphatic rings. The van der Waals surface area contributed by atoms with E-state index >= 15 is 0 Å². The van der Waals surface area contributed by atoms with Crippen molar-refractivity contribution in [2.24, 2.45) is 11.8 Å². The number of hydrogen-bond acceptors (Lipinski definition) is 4. The first kappa shape index (κ1) is 22.7. The maximum absolute atomic E-state index is 12.6. The van der Waals surface area contributed by atoms with Crippen LogP contribution in [0.15, 0.2) is 42.5 Å². The van der Waals surface area contributed by atoms with Gasteiger partial charge in [0.2, 0.25) is 6.79 Å². The Morgan fingerprint density at radius 2 is 1.64 bits per heavy atom. The van der Waals surface area contributed by atoms with Crippen LogP contribution < -0.4 is 9.47 Å². The number of hydrogen-bond donors (Lipinski definition) is 0. The number of fused-ring (bicyclic) bond motifs is 1. The molecule has 33 heavy (non-hydrogen) atoms. The lowest BCUT2D eigenvalue weighted by Crippen LogP contribution is -2.34. The number of ketones is 1. The molecule has 0 atom stereocenters. The number of likely N-dealkylation sites (tertiary alicyclic amines) is 1. The van der Waals surface area contributed by atoms with Crippen LogP contribution in [0.1, 0.15) is 73.2 Å². The zero-order valence-electron chi connectivity index (χ0n) is 19.3. The predicted molar refractivity (Wildman–Crippen MR) is 131 cm³/mol. The van der Waals surface area contributed by atoms with Crippen LogP contribution in [0.2, 0.25) is 5.02 Å². The number of nitrogens with zero attached hydrogens (tertiary/aromatic N) is 1. The van der Waals surface area contributed by atoms with Crippen LogP contribution >= 0.6 is 11.6 Å². The second-order valence-electron chi connectivity index (χ2n) is 10.0. The maximum atomic E-state index is 12.6. The number of ether oxygens (including phenoxy) is 2. The van der Waals surface area contributed by atoms with Gasteiger partial charge in [0.05, 0.1) is 0 Å². The fraction of sp³-hybridized carbons (Fsp3) is 0.536. The van der Waals surface area contributed by atoms with Crippen molar-refractivity contribution in [3.8, 4) is 11.5 Å². The summed E-state index contributed by atoms with van der Waals surface area (Å²) >= 11 is 5.94. The summed E-state index contributed by atoms with van der Waals surface area (Å²) < 4.78 is 11.3. The van der Waals surface area contributed by atoms with Crippen molar-refractivity contribution in [1.29, 1.82) is 0 Å². The highest BCUT2D eigenvalue weighted by Crippen LogP contribution is 2.42. The second-order valence-corrected chi connectivity index (χ2v) is 10.4. The monoisotopic (exact) mass is 467 g/mol. The van der Waals surface area contributed by atoms with Crippen molar-refractivity contribution in [2.45, 2.75) is 57.3 Å². The Hall–Kier alpha value is -2.04. The molecule has 4 nitrogen and oxygen atoms in total. The number of Topliss-reactive ketones (excluding diaryl/α,β-unsaturated/α-hetero) is 1. The van der Waals surface area contributed by atoms with E-state index in [0.29, 0.717) is 30.1 Å². The molecule has 2 aromatic carbocycles. The van der Waals surface area contributed by atoms with Crippen molar-refractivity contribution in [3.05, 3.63) is 58.6 Å². The molecule has 0 unspecified atom stereocenters. The van der Waals surface area contributed by atoms with Crippen molar-refractivity contribution in [3.63, 3.8) is 0 Å². The number of carbonyl (C=O) groups is 1. The summed E-state index contributed by atoms with van der Waals surface area (Å²) in [7, 11) is 0. The van der Waals surface area contributed by atoms with Crippen molar-refractivity contribution in [2.75, 3.05) is 26.4 Å². The zero-order chi connectivity index (χ0) is 22.6. The molecule has 2 aromatic rings. The molecule has 0 bridgehead atoms. The number of halogens is 1. The van der Waals surface area contributed by atoms with Gasteiger partial charge in [-0.3, -0.25) is 4.79 Å². The van der Waals surface area contributed by atoms with Gasteiger partial charge in [-0.25, -0.2) is 0 Å². The van der Waals surface area contributed by atoms with E-state index in [9.17, 15) is 4.79 Å². The van der Waals surface area contributed by atoms with Gasteiger partial charge in [-0.15, -0.1) is 0 Å². The molecule has 0 radical (unpaired) electrons. The number of rotatable bonds is 7. The molecule has 2 fully saturated rings. The third-order valence-corrected chi connectivity index (χ3v) is 8.17. The lowest BCUT2D eigenvalue weighted by Gasteiger charge is -2.34. The number of piperidine rings is 1. The van der Waals surface area contributed by atoms with Crippen molar-refractivity contribution in [1.82, 2.24) is 4.90 Å². The Morgan fingerprint density at radius 3 is 2.39 bits per heavy atom. The molecule has 2 aliphatic heterocycles. The molecule has 1 saturated carbocycles.